The zero-order chi connectivity index (χ0) is 25.8. The van der Waals surface area contributed by atoms with E-state index in [1.807, 2.05) is 43.3 Å². The molecule has 7 heteroatoms. The van der Waals surface area contributed by atoms with E-state index in [1.165, 1.54) is 0 Å². The molecule has 2 aromatic carbocycles. The summed E-state index contributed by atoms with van der Waals surface area (Å²) >= 11 is 0. The van der Waals surface area contributed by atoms with E-state index in [4.69, 9.17) is 23.7 Å². The van der Waals surface area contributed by atoms with Gasteiger partial charge in [0.25, 0.3) is 0 Å². The molecule has 0 aliphatic heterocycles. The van der Waals surface area contributed by atoms with Crippen molar-refractivity contribution in [1.82, 2.24) is 0 Å². The van der Waals surface area contributed by atoms with E-state index >= 15 is 0 Å². The van der Waals surface area contributed by atoms with Crippen LogP contribution >= 0.6 is 0 Å². The van der Waals surface area contributed by atoms with E-state index < -0.39 is 11.9 Å². The number of hydrogen-bond donors (Lipinski definition) is 0. The highest BCUT2D eigenvalue weighted by atomic mass is 16.6. The van der Waals surface area contributed by atoms with E-state index in [-0.39, 0.29) is 26.4 Å². The third-order valence-electron chi connectivity index (χ3n) is 4.46. The number of ether oxygens (including phenoxy) is 5. The molecule has 0 amide bonds. The van der Waals surface area contributed by atoms with Crippen LogP contribution in [-0.2, 0) is 19.1 Å². The maximum absolute atomic E-state index is 11.6. The van der Waals surface area contributed by atoms with Gasteiger partial charge >= 0.3 is 11.9 Å². The molecule has 0 aromatic heterocycles. The zero-order valence-electron chi connectivity index (χ0n) is 20.6. The van der Waals surface area contributed by atoms with Gasteiger partial charge in [-0.15, -0.1) is 0 Å². The molecule has 0 saturated carbocycles. The predicted molar refractivity (Wildman–Crippen MR) is 135 cm³/mol. The van der Waals surface area contributed by atoms with Gasteiger partial charge in [-0.2, -0.15) is 0 Å². The zero-order valence-corrected chi connectivity index (χ0v) is 20.6. The van der Waals surface area contributed by atoms with Crippen LogP contribution in [0.4, 0.5) is 0 Å². The fraction of sp³-hybridized carbons (Fsp3) is 0.286. The minimum atomic E-state index is -0.480. The molecule has 0 radical (unpaired) electrons. The van der Waals surface area contributed by atoms with Crippen molar-refractivity contribution in [3.05, 3.63) is 78.9 Å². The van der Waals surface area contributed by atoms with Gasteiger partial charge in [-0.25, -0.2) is 9.59 Å². The summed E-state index contributed by atoms with van der Waals surface area (Å²) in [5, 5.41) is 0. The maximum atomic E-state index is 11.6. The normalized spacial score (nSPS) is 10.1. The van der Waals surface area contributed by atoms with Gasteiger partial charge < -0.3 is 23.7 Å². The Morgan fingerprint density at radius 1 is 0.657 bits per heavy atom. The fourth-order valence-electron chi connectivity index (χ4n) is 2.69. The minimum Gasteiger partial charge on any atom is -0.489 e. The van der Waals surface area contributed by atoms with Crippen LogP contribution in [0.25, 0.3) is 11.1 Å². The van der Waals surface area contributed by atoms with Crippen LogP contribution in [0, 0.1) is 0 Å². The minimum absolute atomic E-state index is 0.0559. The van der Waals surface area contributed by atoms with Crippen LogP contribution < -0.4 is 14.2 Å². The van der Waals surface area contributed by atoms with Crippen molar-refractivity contribution in [2.45, 2.75) is 20.8 Å². The number of esters is 2. The Labute approximate surface area is 206 Å². The Balaban J connectivity index is 2.11. The SMILES string of the molecule is C=C(C)COc1ccc(-c2ccc(OCCOC(=O)C(=C)C)c(OCCOC(=O)C(=C)C)c2)cc1. The van der Waals surface area contributed by atoms with Crippen molar-refractivity contribution < 1.29 is 33.3 Å². The smallest absolute Gasteiger partial charge is 0.333 e. The molecule has 0 spiro atoms. The van der Waals surface area contributed by atoms with E-state index in [2.05, 4.69) is 19.7 Å². The molecule has 2 aromatic rings. The molecule has 0 N–H and O–H groups in total. The van der Waals surface area contributed by atoms with E-state index in [0.717, 1.165) is 22.4 Å². The second-order valence-electron chi connectivity index (χ2n) is 7.96. The van der Waals surface area contributed by atoms with Crippen LogP contribution in [0.2, 0.25) is 0 Å². The molecule has 2 rings (SSSR count). The lowest BCUT2D eigenvalue weighted by Gasteiger charge is -2.15. The van der Waals surface area contributed by atoms with Crippen LogP contribution in [0.5, 0.6) is 17.2 Å². The average Bonchev–Trinajstić information content (AvgIpc) is 2.83. The molecule has 0 aliphatic rings. The first-order chi connectivity index (χ1) is 16.7. The third kappa shape index (κ3) is 9.41. The fourth-order valence-corrected chi connectivity index (χ4v) is 2.69. The number of carbonyl (C=O) groups is 2. The molecule has 0 unspecified atom stereocenters. The second kappa shape index (κ2) is 13.6. The standard InChI is InChI=1S/C28H32O7/c1-19(2)18-35-24-10-7-22(8-11-24)23-9-12-25(31-13-15-33-27(29)20(3)4)26(17-23)32-14-16-34-28(30)21(5)6/h7-12,17H,1,3,5,13-16,18H2,2,4,6H3. The number of benzene rings is 2. The van der Waals surface area contributed by atoms with E-state index in [1.54, 1.807) is 19.9 Å². The monoisotopic (exact) mass is 480 g/mol. The largest absolute Gasteiger partial charge is 0.489 e. The van der Waals surface area contributed by atoms with Gasteiger partial charge in [-0.05, 0) is 61.7 Å². The second-order valence-corrected chi connectivity index (χ2v) is 7.96. The molecule has 0 heterocycles. The molecular formula is C28H32O7. The topological polar surface area (TPSA) is 80.3 Å². The van der Waals surface area contributed by atoms with Crippen LogP contribution in [-0.4, -0.2) is 45.0 Å². The first kappa shape index (κ1) is 27.2. The number of hydrogen-bond acceptors (Lipinski definition) is 7. The van der Waals surface area contributed by atoms with Gasteiger partial charge in [0.05, 0.1) is 0 Å². The van der Waals surface area contributed by atoms with Crippen molar-refractivity contribution in [1.29, 1.82) is 0 Å². The van der Waals surface area contributed by atoms with Gasteiger partial charge in [0.15, 0.2) is 11.5 Å². The quantitative estimate of drug-likeness (QED) is 0.157. The summed E-state index contributed by atoms with van der Waals surface area (Å²) in [6.45, 7) is 16.8. The molecule has 35 heavy (non-hydrogen) atoms. The van der Waals surface area contributed by atoms with Crippen molar-refractivity contribution in [2.24, 2.45) is 0 Å². The highest BCUT2D eigenvalue weighted by Crippen LogP contribution is 2.33. The summed E-state index contributed by atoms with van der Waals surface area (Å²) in [4.78, 5) is 23.1. The molecule has 0 aliphatic carbocycles. The van der Waals surface area contributed by atoms with Gasteiger partial charge in [0.1, 0.15) is 38.8 Å². The van der Waals surface area contributed by atoms with Crippen molar-refractivity contribution in [3.63, 3.8) is 0 Å². The lowest BCUT2D eigenvalue weighted by Crippen LogP contribution is -2.14. The van der Waals surface area contributed by atoms with Crippen molar-refractivity contribution >= 4 is 11.9 Å². The van der Waals surface area contributed by atoms with E-state index in [9.17, 15) is 9.59 Å². The third-order valence-corrected chi connectivity index (χ3v) is 4.46. The molecule has 186 valence electrons. The Hall–Kier alpha value is -4.00. The van der Waals surface area contributed by atoms with Gasteiger partial charge in [0, 0.05) is 11.1 Å². The first-order valence-electron chi connectivity index (χ1n) is 11.1. The summed E-state index contributed by atoms with van der Waals surface area (Å²) in [5.41, 5.74) is 3.42. The van der Waals surface area contributed by atoms with Crippen LogP contribution in [0.3, 0.4) is 0 Å². The maximum Gasteiger partial charge on any atom is 0.333 e. The highest BCUT2D eigenvalue weighted by Gasteiger charge is 2.11. The molecule has 0 bridgehead atoms. The molecule has 0 saturated heterocycles. The summed E-state index contributed by atoms with van der Waals surface area (Å²) in [5.74, 6) is 0.717. The molecular weight excluding hydrogens is 448 g/mol. The average molecular weight is 481 g/mol. The van der Waals surface area contributed by atoms with Gasteiger partial charge in [0.2, 0.25) is 0 Å². The molecule has 7 nitrogen and oxygen atoms in total. The Morgan fingerprint density at radius 2 is 1.17 bits per heavy atom. The summed E-state index contributed by atoms with van der Waals surface area (Å²) in [6.07, 6.45) is 0. The lowest BCUT2D eigenvalue weighted by molar-refractivity contribution is -0.140. The molecule has 0 fully saturated rings. The molecule has 0 atom stereocenters. The Kier molecular flexibility index (Phi) is 10.6. The van der Waals surface area contributed by atoms with Gasteiger partial charge in [-0.3, -0.25) is 0 Å². The number of carbonyl (C=O) groups excluding carboxylic acids is 2. The Morgan fingerprint density at radius 3 is 1.69 bits per heavy atom. The summed E-state index contributed by atoms with van der Waals surface area (Å²) < 4.78 is 27.4. The van der Waals surface area contributed by atoms with E-state index in [0.29, 0.717) is 29.3 Å². The first-order valence-corrected chi connectivity index (χ1v) is 11.1. The highest BCUT2D eigenvalue weighted by molar-refractivity contribution is 5.87. The number of rotatable bonds is 14. The van der Waals surface area contributed by atoms with Crippen molar-refractivity contribution in [3.8, 4) is 28.4 Å². The van der Waals surface area contributed by atoms with Crippen LogP contribution in [0.1, 0.15) is 20.8 Å². The Bertz CT molecular complexity index is 1070. The van der Waals surface area contributed by atoms with Gasteiger partial charge in [-0.1, -0.05) is 37.9 Å². The summed E-state index contributed by atoms with van der Waals surface area (Å²) in [6, 6.07) is 13.2. The lowest BCUT2D eigenvalue weighted by atomic mass is 10.0. The van der Waals surface area contributed by atoms with Crippen LogP contribution in [0.15, 0.2) is 78.9 Å². The van der Waals surface area contributed by atoms with Crippen molar-refractivity contribution in [2.75, 3.05) is 33.0 Å². The predicted octanol–water partition coefficient (Wildman–Crippen LogP) is 5.30. The summed E-state index contributed by atoms with van der Waals surface area (Å²) in [7, 11) is 0.